The number of anilines is 1. The van der Waals surface area contributed by atoms with Crippen LogP contribution < -0.4 is 4.90 Å². The van der Waals surface area contributed by atoms with Crippen molar-refractivity contribution in [1.82, 2.24) is 0 Å². The second-order valence-electron chi connectivity index (χ2n) is 6.72. The second-order valence-corrected chi connectivity index (χ2v) is 8.18. The number of thioether (sulfide) groups is 1. The molecule has 0 bridgehead atoms. The highest BCUT2D eigenvalue weighted by molar-refractivity contribution is 8.18. The summed E-state index contributed by atoms with van der Waals surface area (Å²) in [7, 11) is 0. The van der Waals surface area contributed by atoms with Crippen LogP contribution in [-0.2, 0) is 9.53 Å². The minimum absolute atomic E-state index is 0.0674. The molecule has 0 saturated heterocycles. The molecular weight excluding hydrogens is 432 g/mol. The molecule has 1 aliphatic heterocycles. The molecule has 31 heavy (non-hydrogen) atoms. The van der Waals surface area contributed by atoms with Gasteiger partial charge in [0.25, 0.3) is 0 Å². The van der Waals surface area contributed by atoms with Crippen molar-refractivity contribution < 1.29 is 14.6 Å². The van der Waals surface area contributed by atoms with Gasteiger partial charge in [0.05, 0.1) is 17.2 Å². The summed E-state index contributed by atoms with van der Waals surface area (Å²) in [6.07, 6.45) is 1.84. The fourth-order valence-corrected chi connectivity index (χ4v) is 4.40. The molecule has 162 valence electrons. The molecular formula is C24H25ClN2O3S. The van der Waals surface area contributed by atoms with Crippen LogP contribution in [0.15, 0.2) is 69.8 Å². The molecule has 5 nitrogen and oxygen atoms in total. The lowest BCUT2D eigenvalue weighted by Crippen LogP contribution is -2.21. The molecule has 7 heteroatoms. The lowest BCUT2D eigenvalue weighted by Gasteiger charge is -2.20. The van der Waals surface area contributed by atoms with Crippen LogP contribution in [0.25, 0.3) is 6.08 Å². The number of ether oxygens (including phenoxy) is 1. The first-order valence-corrected chi connectivity index (χ1v) is 11.4. The SMILES string of the molecule is CCOC(=O)C1=C(O)/C(=C\c2ccc(N(CC)CC)cc2)SC1=Nc1cccc(Cl)c1. The van der Waals surface area contributed by atoms with Crippen LogP contribution in [0.1, 0.15) is 26.3 Å². The summed E-state index contributed by atoms with van der Waals surface area (Å²) in [5.74, 6) is -0.731. The number of esters is 1. The normalized spacial score (nSPS) is 16.3. The Morgan fingerprint density at radius 1 is 1.16 bits per heavy atom. The summed E-state index contributed by atoms with van der Waals surface area (Å²) in [5, 5.41) is 11.7. The number of nitrogens with zero attached hydrogens (tertiary/aromatic N) is 2. The van der Waals surface area contributed by atoms with Gasteiger partial charge in [-0.25, -0.2) is 9.79 Å². The first-order valence-electron chi connectivity index (χ1n) is 10.2. The molecule has 0 atom stereocenters. The Morgan fingerprint density at radius 3 is 2.48 bits per heavy atom. The predicted octanol–water partition coefficient (Wildman–Crippen LogP) is 6.38. The quantitative estimate of drug-likeness (QED) is 0.490. The molecule has 2 aromatic rings. The first-order chi connectivity index (χ1) is 15.0. The zero-order chi connectivity index (χ0) is 22.4. The number of benzene rings is 2. The van der Waals surface area contributed by atoms with E-state index < -0.39 is 5.97 Å². The van der Waals surface area contributed by atoms with Crippen molar-refractivity contribution in [3.05, 3.63) is 75.4 Å². The van der Waals surface area contributed by atoms with Crippen LogP contribution >= 0.6 is 23.4 Å². The number of carbonyl (C=O) groups is 1. The maximum absolute atomic E-state index is 12.5. The average Bonchev–Trinajstić information content (AvgIpc) is 3.05. The van der Waals surface area contributed by atoms with Gasteiger partial charge in [-0.15, -0.1) is 0 Å². The van der Waals surface area contributed by atoms with Crippen molar-refractivity contribution in [2.75, 3.05) is 24.6 Å². The number of aliphatic hydroxyl groups is 1. The van der Waals surface area contributed by atoms with Crippen molar-refractivity contribution in [2.24, 2.45) is 4.99 Å². The van der Waals surface area contributed by atoms with Gasteiger partial charge in [0.15, 0.2) is 0 Å². The monoisotopic (exact) mass is 456 g/mol. The van der Waals surface area contributed by atoms with Gasteiger partial charge in [0, 0.05) is 23.8 Å². The van der Waals surface area contributed by atoms with E-state index in [1.807, 2.05) is 30.3 Å². The maximum Gasteiger partial charge on any atom is 0.344 e. The zero-order valence-electron chi connectivity index (χ0n) is 17.8. The van der Waals surface area contributed by atoms with Crippen molar-refractivity contribution >= 4 is 51.8 Å². The van der Waals surface area contributed by atoms with Crippen LogP contribution in [-0.4, -0.2) is 35.8 Å². The smallest absolute Gasteiger partial charge is 0.344 e. The van der Waals surface area contributed by atoms with Gasteiger partial charge >= 0.3 is 5.97 Å². The molecule has 0 aromatic heterocycles. The fourth-order valence-electron chi connectivity index (χ4n) is 3.18. The molecule has 0 fully saturated rings. The van der Waals surface area contributed by atoms with E-state index in [-0.39, 0.29) is 17.9 Å². The summed E-state index contributed by atoms with van der Waals surface area (Å²) in [4.78, 5) is 19.8. The minimum Gasteiger partial charge on any atom is -0.506 e. The number of carbonyl (C=O) groups excluding carboxylic acids is 1. The lowest BCUT2D eigenvalue weighted by atomic mass is 10.1. The van der Waals surface area contributed by atoms with Crippen molar-refractivity contribution in [2.45, 2.75) is 20.8 Å². The van der Waals surface area contributed by atoms with Gasteiger partial charge < -0.3 is 14.7 Å². The van der Waals surface area contributed by atoms with Gasteiger partial charge in [-0.3, -0.25) is 0 Å². The second kappa shape index (κ2) is 10.6. The fraction of sp³-hybridized carbons (Fsp3) is 0.250. The van der Waals surface area contributed by atoms with E-state index in [4.69, 9.17) is 16.3 Å². The molecule has 1 heterocycles. The zero-order valence-corrected chi connectivity index (χ0v) is 19.3. The third kappa shape index (κ3) is 5.51. The van der Waals surface area contributed by atoms with Crippen LogP contribution in [0.5, 0.6) is 0 Å². The molecule has 1 N–H and O–H groups in total. The van der Waals surface area contributed by atoms with Crippen LogP contribution in [0.3, 0.4) is 0 Å². The molecule has 1 aliphatic rings. The first kappa shape index (κ1) is 23.0. The summed E-state index contributed by atoms with van der Waals surface area (Å²) >= 11 is 7.28. The number of hydrogen-bond donors (Lipinski definition) is 1. The van der Waals surface area contributed by atoms with Gasteiger partial charge in [-0.2, -0.15) is 0 Å². The average molecular weight is 457 g/mol. The van der Waals surface area contributed by atoms with Gasteiger partial charge in [-0.05, 0) is 62.7 Å². The summed E-state index contributed by atoms with van der Waals surface area (Å²) in [5.41, 5.74) is 2.71. The Labute approximate surface area is 192 Å². The number of aliphatic hydroxyl groups excluding tert-OH is 1. The van der Waals surface area contributed by atoms with Crippen molar-refractivity contribution in [3.63, 3.8) is 0 Å². The van der Waals surface area contributed by atoms with Crippen LogP contribution in [0, 0.1) is 0 Å². The van der Waals surface area contributed by atoms with E-state index in [2.05, 4.69) is 23.7 Å². The van der Waals surface area contributed by atoms with E-state index in [9.17, 15) is 9.90 Å². The van der Waals surface area contributed by atoms with E-state index in [1.165, 1.54) is 11.8 Å². The van der Waals surface area contributed by atoms with E-state index in [0.29, 0.717) is 20.7 Å². The third-order valence-electron chi connectivity index (χ3n) is 4.73. The summed E-state index contributed by atoms with van der Waals surface area (Å²) < 4.78 is 5.14. The molecule has 0 spiro atoms. The maximum atomic E-state index is 12.5. The predicted molar refractivity (Wildman–Crippen MR) is 130 cm³/mol. The highest BCUT2D eigenvalue weighted by Gasteiger charge is 2.33. The molecule has 0 aliphatic carbocycles. The van der Waals surface area contributed by atoms with Crippen LogP contribution in [0.2, 0.25) is 5.02 Å². The summed E-state index contributed by atoms with van der Waals surface area (Å²) in [6, 6.07) is 15.1. The van der Waals surface area contributed by atoms with Gasteiger partial charge in [0.2, 0.25) is 0 Å². The highest BCUT2D eigenvalue weighted by atomic mass is 35.5. The van der Waals surface area contributed by atoms with Crippen molar-refractivity contribution in [3.8, 4) is 0 Å². The molecule has 3 rings (SSSR count). The molecule has 2 aromatic carbocycles. The number of rotatable bonds is 7. The Morgan fingerprint density at radius 2 is 1.87 bits per heavy atom. The topological polar surface area (TPSA) is 62.1 Å². The molecule has 0 saturated carbocycles. The molecule has 0 unspecified atom stereocenters. The standard InChI is InChI=1S/C24H25ClN2O3S/c1-4-27(5-2)19-12-10-16(11-13-19)14-20-22(28)21(24(29)30-6-3)23(31-20)26-18-9-7-8-17(25)15-18/h7-15,28H,4-6H2,1-3H3/b20-14+,26-23?. The highest BCUT2D eigenvalue weighted by Crippen LogP contribution is 2.40. The Kier molecular flexibility index (Phi) is 7.82. The Bertz CT molecular complexity index is 1040. The van der Waals surface area contributed by atoms with Crippen LogP contribution in [0.4, 0.5) is 11.4 Å². The Hall–Kier alpha value is -2.70. The molecule has 0 radical (unpaired) electrons. The van der Waals surface area contributed by atoms with E-state index in [0.717, 1.165) is 24.3 Å². The Balaban J connectivity index is 1.96. The van der Waals surface area contributed by atoms with E-state index in [1.54, 1.807) is 31.2 Å². The number of hydrogen-bond acceptors (Lipinski definition) is 6. The van der Waals surface area contributed by atoms with Gasteiger partial charge in [0.1, 0.15) is 16.4 Å². The third-order valence-corrected chi connectivity index (χ3v) is 5.98. The van der Waals surface area contributed by atoms with Gasteiger partial charge in [-0.1, -0.05) is 41.6 Å². The number of aliphatic imine (C=N–C) groups is 1. The minimum atomic E-state index is -0.603. The van der Waals surface area contributed by atoms with E-state index >= 15 is 0 Å². The number of halogens is 1. The van der Waals surface area contributed by atoms with Crippen molar-refractivity contribution in [1.29, 1.82) is 0 Å². The largest absolute Gasteiger partial charge is 0.506 e. The lowest BCUT2D eigenvalue weighted by molar-refractivity contribution is -0.138. The summed E-state index contributed by atoms with van der Waals surface area (Å²) in [6.45, 7) is 8.03. The molecule has 0 amide bonds.